The van der Waals surface area contributed by atoms with Crippen molar-refractivity contribution in [1.29, 1.82) is 0 Å². The number of carboxylic acid groups (broad SMARTS) is 1. The lowest BCUT2D eigenvalue weighted by atomic mass is 10.2. The highest BCUT2D eigenvalue weighted by Crippen LogP contribution is 2.19. The Morgan fingerprint density at radius 3 is 2.80 bits per heavy atom. The van der Waals surface area contributed by atoms with Crippen LogP contribution in [-0.2, 0) is 11.2 Å². The SMILES string of the molecule is COc1cc([N+](=O)[O-])cc(CC(=O)O)n1. The van der Waals surface area contributed by atoms with Crippen LogP contribution >= 0.6 is 0 Å². The quantitative estimate of drug-likeness (QED) is 0.579. The van der Waals surface area contributed by atoms with Gasteiger partial charge < -0.3 is 9.84 Å². The summed E-state index contributed by atoms with van der Waals surface area (Å²) < 4.78 is 4.72. The van der Waals surface area contributed by atoms with Gasteiger partial charge >= 0.3 is 5.97 Å². The van der Waals surface area contributed by atoms with E-state index in [0.717, 1.165) is 12.1 Å². The van der Waals surface area contributed by atoms with Crippen LogP contribution in [0.15, 0.2) is 12.1 Å². The highest BCUT2D eigenvalue weighted by Gasteiger charge is 2.13. The van der Waals surface area contributed by atoms with Crippen LogP contribution in [-0.4, -0.2) is 28.1 Å². The van der Waals surface area contributed by atoms with Gasteiger partial charge in [0.15, 0.2) is 0 Å². The fourth-order valence-electron chi connectivity index (χ4n) is 1.00. The van der Waals surface area contributed by atoms with E-state index in [0.29, 0.717) is 0 Å². The van der Waals surface area contributed by atoms with Crippen molar-refractivity contribution >= 4 is 11.7 Å². The molecule has 0 radical (unpaired) electrons. The number of hydrogen-bond donors (Lipinski definition) is 1. The van der Waals surface area contributed by atoms with Crippen molar-refractivity contribution in [3.8, 4) is 5.88 Å². The zero-order valence-corrected chi connectivity index (χ0v) is 7.84. The molecule has 1 heterocycles. The van der Waals surface area contributed by atoms with Crippen LogP contribution in [0.4, 0.5) is 5.69 Å². The summed E-state index contributed by atoms with van der Waals surface area (Å²) in [5.74, 6) is -1.08. The Morgan fingerprint density at radius 2 is 2.33 bits per heavy atom. The molecule has 0 amide bonds. The molecule has 0 aromatic carbocycles. The maximum Gasteiger partial charge on any atom is 0.309 e. The van der Waals surface area contributed by atoms with E-state index in [-0.39, 0.29) is 23.7 Å². The minimum atomic E-state index is -1.11. The summed E-state index contributed by atoms with van der Waals surface area (Å²) in [6, 6.07) is 2.24. The molecule has 7 nitrogen and oxygen atoms in total. The number of carboxylic acids is 1. The number of pyridine rings is 1. The van der Waals surface area contributed by atoms with E-state index in [4.69, 9.17) is 9.84 Å². The van der Waals surface area contributed by atoms with Crippen molar-refractivity contribution in [2.75, 3.05) is 7.11 Å². The highest BCUT2D eigenvalue weighted by molar-refractivity contribution is 5.69. The van der Waals surface area contributed by atoms with Gasteiger partial charge in [0, 0.05) is 6.07 Å². The normalized spacial score (nSPS) is 9.67. The number of methoxy groups -OCH3 is 1. The molecule has 0 bridgehead atoms. The number of aliphatic carboxylic acids is 1. The molecule has 1 N–H and O–H groups in total. The molecule has 0 unspecified atom stereocenters. The second kappa shape index (κ2) is 4.36. The lowest BCUT2D eigenvalue weighted by Gasteiger charge is -2.01. The van der Waals surface area contributed by atoms with Gasteiger partial charge in [-0.05, 0) is 0 Å². The Labute approximate surface area is 84.5 Å². The third-order valence-electron chi connectivity index (χ3n) is 1.59. The van der Waals surface area contributed by atoms with E-state index in [2.05, 4.69) is 4.98 Å². The van der Waals surface area contributed by atoms with Crippen molar-refractivity contribution in [2.24, 2.45) is 0 Å². The molecule has 0 fully saturated rings. The molecule has 0 atom stereocenters. The molecule has 15 heavy (non-hydrogen) atoms. The predicted molar refractivity (Wildman–Crippen MR) is 48.8 cm³/mol. The summed E-state index contributed by atoms with van der Waals surface area (Å²) in [5.41, 5.74) is -0.147. The summed E-state index contributed by atoms with van der Waals surface area (Å²) in [7, 11) is 1.30. The fourth-order valence-corrected chi connectivity index (χ4v) is 1.00. The first-order valence-electron chi connectivity index (χ1n) is 3.94. The van der Waals surface area contributed by atoms with Gasteiger partial charge in [-0.1, -0.05) is 0 Å². The molecule has 0 spiro atoms. The lowest BCUT2D eigenvalue weighted by molar-refractivity contribution is -0.385. The fraction of sp³-hybridized carbons (Fsp3) is 0.250. The van der Waals surface area contributed by atoms with Crippen LogP contribution in [0.5, 0.6) is 5.88 Å². The first kappa shape index (κ1) is 10.9. The van der Waals surface area contributed by atoms with E-state index in [1.807, 2.05) is 0 Å². The van der Waals surface area contributed by atoms with Crippen LogP contribution < -0.4 is 4.74 Å². The summed E-state index contributed by atoms with van der Waals surface area (Å²) in [6.45, 7) is 0. The predicted octanol–water partition coefficient (Wildman–Crippen LogP) is 0.625. The summed E-state index contributed by atoms with van der Waals surface area (Å²) in [5, 5.41) is 19.0. The first-order chi connectivity index (χ1) is 7.02. The van der Waals surface area contributed by atoms with E-state index < -0.39 is 10.9 Å². The van der Waals surface area contributed by atoms with Gasteiger partial charge in [-0.2, -0.15) is 0 Å². The van der Waals surface area contributed by atoms with Crippen LogP contribution in [0, 0.1) is 10.1 Å². The first-order valence-corrected chi connectivity index (χ1v) is 3.94. The molecule has 1 aromatic rings. The van der Waals surface area contributed by atoms with Gasteiger partial charge in [-0.15, -0.1) is 0 Å². The van der Waals surface area contributed by atoms with Crippen LogP contribution in [0.3, 0.4) is 0 Å². The molecule has 80 valence electrons. The second-order valence-corrected chi connectivity index (χ2v) is 2.69. The largest absolute Gasteiger partial charge is 0.481 e. The van der Waals surface area contributed by atoms with Crippen molar-refractivity contribution in [3.63, 3.8) is 0 Å². The van der Waals surface area contributed by atoms with Gasteiger partial charge in [0.25, 0.3) is 5.69 Å². The maximum atomic E-state index is 10.5. The third-order valence-corrected chi connectivity index (χ3v) is 1.59. The smallest absolute Gasteiger partial charge is 0.309 e. The Kier molecular flexibility index (Phi) is 3.17. The van der Waals surface area contributed by atoms with Crippen molar-refractivity contribution in [1.82, 2.24) is 4.98 Å². The highest BCUT2D eigenvalue weighted by atomic mass is 16.6. The molecule has 0 saturated carbocycles. The number of carbonyl (C=O) groups is 1. The molecule has 1 aromatic heterocycles. The minimum Gasteiger partial charge on any atom is -0.481 e. The molecule has 0 aliphatic rings. The van der Waals surface area contributed by atoms with E-state index >= 15 is 0 Å². The number of hydrogen-bond acceptors (Lipinski definition) is 5. The second-order valence-electron chi connectivity index (χ2n) is 2.69. The number of aromatic nitrogens is 1. The minimum absolute atomic E-state index is 0.0282. The van der Waals surface area contributed by atoms with Crippen LogP contribution in [0.2, 0.25) is 0 Å². The average molecular weight is 212 g/mol. The Hall–Kier alpha value is -2.18. The average Bonchev–Trinajstić information content (AvgIpc) is 2.16. The molecular formula is C8H8N2O5. The van der Waals surface area contributed by atoms with Gasteiger partial charge in [-0.25, -0.2) is 4.98 Å². The summed E-state index contributed by atoms with van der Waals surface area (Å²) in [6.07, 6.45) is -0.377. The maximum absolute atomic E-state index is 10.5. The van der Waals surface area contributed by atoms with Crippen LogP contribution in [0.1, 0.15) is 5.69 Å². The zero-order valence-electron chi connectivity index (χ0n) is 7.84. The molecule has 7 heteroatoms. The molecule has 0 aliphatic heterocycles. The van der Waals surface area contributed by atoms with Gasteiger partial charge in [0.1, 0.15) is 0 Å². The summed E-state index contributed by atoms with van der Waals surface area (Å²) in [4.78, 5) is 24.0. The van der Waals surface area contributed by atoms with Crippen molar-refractivity contribution in [2.45, 2.75) is 6.42 Å². The number of ether oxygens (including phenoxy) is 1. The lowest BCUT2D eigenvalue weighted by Crippen LogP contribution is -2.04. The van der Waals surface area contributed by atoms with E-state index in [1.165, 1.54) is 7.11 Å². The van der Waals surface area contributed by atoms with Gasteiger partial charge in [0.05, 0.1) is 30.2 Å². The monoisotopic (exact) mass is 212 g/mol. The number of nitrogens with zero attached hydrogens (tertiary/aromatic N) is 2. The van der Waals surface area contributed by atoms with Crippen molar-refractivity contribution < 1.29 is 19.6 Å². The van der Waals surface area contributed by atoms with E-state index in [9.17, 15) is 14.9 Å². The van der Waals surface area contributed by atoms with Gasteiger partial charge in [0.2, 0.25) is 5.88 Å². The topological polar surface area (TPSA) is 103 Å². The Bertz CT molecular complexity index is 404. The Morgan fingerprint density at radius 1 is 1.67 bits per heavy atom. The van der Waals surface area contributed by atoms with Gasteiger partial charge in [-0.3, -0.25) is 14.9 Å². The number of rotatable bonds is 4. The standard InChI is InChI=1S/C8H8N2O5/c1-15-7-4-6(10(13)14)2-5(9-7)3-8(11)12/h2,4H,3H2,1H3,(H,11,12). The van der Waals surface area contributed by atoms with E-state index in [1.54, 1.807) is 0 Å². The zero-order chi connectivity index (χ0) is 11.4. The molecular weight excluding hydrogens is 204 g/mol. The summed E-state index contributed by atoms with van der Waals surface area (Å²) >= 11 is 0. The third kappa shape index (κ3) is 2.90. The van der Waals surface area contributed by atoms with Crippen molar-refractivity contribution in [3.05, 3.63) is 27.9 Å². The molecule has 0 saturated heterocycles. The number of nitro groups is 1. The van der Waals surface area contributed by atoms with Crippen LogP contribution in [0.25, 0.3) is 0 Å². The molecule has 1 rings (SSSR count). The molecule has 0 aliphatic carbocycles. The Balaban J connectivity index is 3.11.